The molecule has 0 saturated heterocycles. The lowest BCUT2D eigenvalue weighted by molar-refractivity contribution is 0.433. The van der Waals surface area contributed by atoms with Gasteiger partial charge in [0.2, 0.25) is 5.82 Å². The summed E-state index contributed by atoms with van der Waals surface area (Å²) < 4.78 is 5.31. The Bertz CT molecular complexity index is 732. The molecule has 0 bridgehead atoms. The van der Waals surface area contributed by atoms with Crippen molar-refractivity contribution in [1.82, 2.24) is 15.1 Å². The molecule has 0 spiro atoms. The molecule has 0 radical (unpaired) electrons. The second kappa shape index (κ2) is 4.47. The van der Waals surface area contributed by atoms with Gasteiger partial charge in [0.25, 0.3) is 5.89 Å². The van der Waals surface area contributed by atoms with Crippen LogP contribution in [0.25, 0.3) is 22.3 Å². The van der Waals surface area contributed by atoms with Crippen molar-refractivity contribution in [3.05, 3.63) is 35.5 Å². The van der Waals surface area contributed by atoms with Crippen molar-refractivity contribution in [2.45, 2.75) is 13.8 Å². The number of anilines is 1. The first-order valence-corrected chi connectivity index (χ1v) is 6.59. The first-order valence-electron chi connectivity index (χ1n) is 5.77. The highest BCUT2D eigenvalue weighted by atomic mass is 32.1. The van der Waals surface area contributed by atoms with Crippen LogP contribution in [0.4, 0.5) is 5.00 Å². The molecule has 3 aromatic rings. The number of nitrogen functional groups attached to an aromatic ring is 1. The number of aromatic nitrogens is 3. The Labute approximate surface area is 114 Å². The lowest BCUT2D eigenvalue weighted by Crippen LogP contribution is -1.88. The van der Waals surface area contributed by atoms with Gasteiger partial charge in [-0.2, -0.15) is 4.98 Å². The predicted molar refractivity (Wildman–Crippen MR) is 74.7 cm³/mol. The second-order valence-corrected chi connectivity index (χ2v) is 5.34. The van der Waals surface area contributed by atoms with Crippen LogP contribution in [0.1, 0.15) is 11.1 Å². The molecule has 2 N–H and O–H groups in total. The van der Waals surface area contributed by atoms with Gasteiger partial charge in [-0.3, -0.25) is 4.98 Å². The molecule has 3 heterocycles. The molecular formula is C13H12N4OS. The minimum absolute atomic E-state index is 0.485. The maximum atomic E-state index is 5.78. The summed E-state index contributed by atoms with van der Waals surface area (Å²) in [5.74, 6) is 0.985. The third kappa shape index (κ3) is 2.10. The summed E-state index contributed by atoms with van der Waals surface area (Å²) in [6.45, 7) is 3.94. The Morgan fingerprint density at radius 2 is 2.11 bits per heavy atom. The fourth-order valence-corrected chi connectivity index (χ4v) is 2.71. The Balaban J connectivity index is 2.05. The minimum Gasteiger partial charge on any atom is -0.391 e. The predicted octanol–water partition coefficient (Wildman–Crippen LogP) is 3.06. The van der Waals surface area contributed by atoms with Gasteiger partial charge in [-0.25, -0.2) is 0 Å². The monoisotopic (exact) mass is 272 g/mol. The van der Waals surface area contributed by atoms with Crippen LogP contribution < -0.4 is 5.73 Å². The average molecular weight is 272 g/mol. The molecule has 0 unspecified atom stereocenters. The maximum absolute atomic E-state index is 5.78. The lowest BCUT2D eigenvalue weighted by Gasteiger charge is -1.96. The fourth-order valence-electron chi connectivity index (χ4n) is 1.85. The zero-order chi connectivity index (χ0) is 13.4. The van der Waals surface area contributed by atoms with Crippen LogP contribution in [0.15, 0.2) is 28.9 Å². The first kappa shape index (κ1) is 11.9. The van der Waals surface area contributed by atoms with E-state index in [9.17, 15) is 0 Å². The number of rotatable bonds is 2. The van der Waals surface area contributed by atoms with Gasteiger partial charge in [0, 0.05) is 6.20 Å². The average Bonchev–Trinajstić information content (AvgIpc) is 2.96. The van der Waals surface area contributed by atoms with Gasteiger partial charge in [-0.05, 0) is 37.1 Å². The van der Waals surface area contributed by atoms with Gasteiger partial charge in [-0.15, -0.1) is 11.3 Å². The number of aryl methyl sites for hydroxylation is 2. The van der Waals surface area contributed by atoms with Gasteiger partial charge in [-0.1, -0.05) is 11.2 Å². The SMILES string of the molecule is Cc1cccnc1-c1noc(-c2sc(N)cc2C)n1. The van der Waals surface area contributed by atoms with Crippen LogP contribution in [0.3, 0.4) is 0 Å². The van der Waals surface area contributed by atoms with Crippen LogP contribution in [0.5, 0.6) is 0 Å². The van der Waals surface area contributed by atoms with Crippen LogP contribution in [0, 0.1) is 13.8 Å². The van der Waals surface area contributed by atoms with Crippen LogP contribution >= 0.6 is 11.3 Å². The summed E-state index contributed by atoms with van der Waals surface area (Å²) in [5.41, 5.74) is 8.56. The van der Waals surface area contributed by atoms with E-state index in [2.05, 4.69) is 15.1 Å². The third-order valence-corrected chi connectivity index (χ3v) is 3.83. The standard InChI is InChI=1S/C13H12N4OS/c1-7-4-3-5-15-10(7)12-16-13(18-17-12)11-8(2)6-9(14)19-11/h3-6H,14H2,1-2H3. The van der Waals surface area contributed by atoms with E-state index in [0.29, 0.717) is 11.7 Å². The van der Waals surface area contributed by atoms with Crippen LogP contribution in [-0.2, 0) is 0 Å². The molecule has 0 aliphatic heterocycles. The second-order valence-electron chi connectivity index (χ2n) is 4.25. The molecule has 3 aromatic heterocycles. The quantitative estimate of drug-likeness (QED) is 0.775. The normalized spacial score (nSPS) is 10.8. The van der Waals surface area contributed by atoms with Gasteiger partial charge >= 0.3 is 0 Å². The van der Waals surface area contributed by atoms with Gasteiger partial charge in [0.15, 0.2) is 0 Å². The lowest BCUT2D eigenvalue weighted by atomic mass is 10.2. The largest absolute Gasteiger partial charge is 0.391 e. The molecule has 5 nitrogen and oxygen atoms in total. The summed E-state index contributed by atoms with van der Waals surface area (Å²) >= 11 is 1.44. The molecule has 0 saturated carbocycles. The molecule has 0 amide bonds. The number of pyridine rings is 1. The smallest absolute Gasteiger partial charge is 0.268 e. The summed E-state index contributed by atoms with van der Waals surface area (Å²) in [6.07, 6.45) is 1.72. The molecule has 3 rings (SSSR count). The first-order chi connectivity index (χ1) is 9.15. The van der Waals surface area contributed by atoms with E-state index in [4.69, 9.17) is 10.3 Å². The van der Waals surface area contributed by atoms with Crippen molar-refractivity contribution in [1.29, 1.82) is 0 Å². The number of hydrogen-bond donors (Lipinski definition) is 1. The Morgan fingerprint density at radius 1 is 1.26 bits per heavy atom. The van der Waals surface area contributed by atoms with E-state index in [0.717, 1.165) is 26.7 Å². The summed E-state index contributed by atoms with van der Waals surface area (Å²) in [6, 6.07) is 5.74. The van der Waals surface area contributed by atoms with Crippen molar-refractivity contribution in [3.63, 3.8) is 0 Å². The zero-order valence-electron chi connectivity index (χ0n) is 10.5. The van der Waals surface area contributed by atoms with Gasteiger partial charge in [0.05, 0.1) is 9.88 Å². The molecular weight excluding hydrogens is 260 g/mol. The van der Waals surface area contributed by atoms with Crippen LogP contribution in [0.2, 0.25) is 0 Å². The van der Waals surface area contributed by atoms with E-state index >= 15 is 0 Å². The highest BCUT2D eigenvalue weighted by Gasteiger charge is 2.16. The van der Waals surface area contributed by atoms with E-state index < -0.39 is 0 Å². The van der Waals surface area contributed by atoms with Crippen molar-refractivity contribution < 1.29 is 4.52 Å². The van der Waals surface area contributed by atoms with Gasteiger partial charge in [0.1, 0.15) is 5.69 Å². The number of nitrogens with zero attached hydrogens (tertiary/aromatic N) is 3. The Morgan fingerprint density at radius 3 is 2.79 bits per heavy atom. The van der Waals surface area contributed by atoms with E-state index in [1.165, 1.54) is 11.3 Å². The number of nitrogens with two attached hydrogens (primary N) is 1. The molecule has 6 heteroatoms. The van der Waals surface area contributed by atoms with E-state index in [1.54, 1.807) is 6.20 Å². The highest BCUT2D eigenvalue weighted by Crippen LogP contribution is 2.33. The summed E-state index contributed by atoms with van der Waals surface area (Å²) in [4.78, 5) is 9.58. The molecule has 0 fully saturated rings. The summed E-state index contributed by atoms with van der Waals surface area (Å²) in [7, 11) is 0. The summed E-state index contributed by atoms with van der Waals surface area (Å²) in [5, 5.41) is 4.73. The van der Waals surface area contributed by atoms with Crippen molar-refractivity contribution in [3.8, 4) is 22.3 Å². The molecule has 96 valence electrons. The molecule has 0 aliphatic carbocycles. The zero-order valence-corrected chi connectivity index (χ0v) is 11.4. The number of thiophene rings is 1. The van der Waals surface area contributed by atoms with E-state index in [1.807, 2.05) is 32.0 Å². The highest BCUT2D eigenvalue weighted by molar-refractivity contribution is 7.19. The van der Waals surface area contributed by atoms with E-state index in [-0.39, 0.29) is 0 Å². The van der Waals surface area contributed by atoms with Crippen molar-refractivity contribution in [2.24, 2.45) is 0 Å². The maximum Gasteiger partial charge on any atom is 0.268 e. The topological polar surface area (TPSA) is 77.8 Å². The Kier molecular flexibility index (Phi) is 2.79. The van der Waals surface area contributed by atoms with Crippen LogP contribution in [-0.4, -0.2) is 15.1 Å². The molecule has 0 atom stereocenters. The van der Waals surface area contributed by atoms with Crippen molar-refractivity contribution >= 4 is 16.3 Å². The molecule has 0 aromatic carbocycles. The minimum atomic E-state index is 0.485. The van der Waals surface area contributed by atoms with Crippen molar-refractivity contribution in [2.75, 3.05) is 5.73 Å². The molecule has 19 heavy (non-hydrogen) atoms. The molecule has 0 aliphatic rings. The fraction of sp³-hybridized carbons (Fsp3) is 0.154. The third-order valence-electron chi connectivity index (χ3n) is 2.78. The Hall–Kier alpha value is -2.21. The number of hydrogen-bond acceptors (Lipinski definition) is 6. The van der Waals surface area contributed by atoms with Gasteiger partial charge < -0.3 is 10.3 Å².